The molecule has 1 nitrogen and oxygen atoms in total. The summed E-state index contributed by atoms with van der Waals surface area (Å²) in [6, 6.07) is 3.06. The topological polar surface area (TPSA) is 12.0 Å². The lowest BCUT2D eigenvalue weighted by atomic mass is 9.98. The fraction of sp³-hybridized carbons (Fsp3) is 0.765. The fourth-order valence-corrected chi connectivity index (χ4v) is 5.05. The average molecular weight is 275 g/mol. The average Bonchev–Trinajstić information content (AvgIpc) is 3.32. The van der Waals surface area contributed by atoms with Crippen molar-refractivity contribution in [2.24, 2.45) is 11.3 Å². The van der Waals surface area contributed by atoms with Gasteiger partial charge in [0.1, 0.15) is 0 Å². The largest absolute Gasteiger partial charge is 0.309 e. The standard InChI is InChI=1S/C17H25NS/c1-12(18-11-17(8-9-17)14-6-7-14)16-10-13-4-2-3-5-15(13)19-16/h10,12,14,18H,2-9,11H2,1H3. The maximum atomic E-state index is 3.84. The molecule has 0 bridgehead atoms. The number of aryl methyl sites for hydroxylation is 2. The van der Waals surface area contributed by atoms with Crippen LogP contribution in [-0.2, 0) is 12.8 Å². The fourth-order valence-electron chi connectivity index (χ4n) is 3.77. The van der Waals surface area contributed by atoms with Gasteiger partial charge in [0, 0.05) is 22.3 Å². The second-order valence-electron chi connectivity index (χ2n) is 7.04. The highest BCUT2D eigenvalue weighted by Crippen LogP contribution is 2.61. The summed E-state index contributed by atoms with van der Waals surface area (Å²) in [4.78, 5) is 3.26. The number of rotatable bonds is 5. The molecule has 0 spiro atoms. The number of hydrogen-bond acceptors (Lipinski definition) is 2. The van der Waals surface area contributed by atoms with E-state index in [1.807, 2.05) is 0 Å². The van der Waals surface area contributed by atoms with E-state index in [1.54, 1.807) is 15.3 Å². The van der Waals surface area contributed by atoms with Gasteiger partial charge >= 0.3 is 0 Å². The molecule has 0 aliphatic heterocycles. The summed E-state index contributed by atoms with van der Waals surface area (Å²) in [5.74, 6) is 1.07. The SMILES string of the molecule is CC(NCC1(C2CC2)CC1)c1cc2c(s1)CCCC2. The molecule has 0 saturated heterocycles. The number of nitrogens with one attached hydrogen (secondary N) is 1. The monoisotopic (exact) mass is 275 g/mol. The van der Waals surface area contributed by atoms with Gasteiger partial charge in [0.2, 0.25) is 0 Å². The van der Waals surface area contributed by atoms with Gasteiger partial charge in [-0.05, 0) is 81.3 Å². The Kier molecular flexibility index (Phi) is 3.00. The Balaban J connectivity index is 1.39. The second-order valence-corrected chi connectivity index (χ2v) is 8.21. The van der Waals surface area contributed by atoms with E-state index in [4.69, 9.17) is 0 Å². The molecule has 104 valence electrons. The number of thiophene rings is 1. The van der Waals surface area contributed by atoms with Crippen LogP contribution in [0.3, 0.4) is 0 Å². The first-order chi connectivity index (χ1) is 9.27. The predicted octanol–water partition coefficient (Wildman–Crippen LogP) is 4.47. The quantitative estimate of drug-likeness (QED) is 0.836. The van der Waals surface area contributed by atoms with Crippen LogP contribution in [0.4, 0.5) is 0 Å². The molecule has 0 aromatic carbocycles. The van der Waals surface area contributed by atoms with Crippen LogP contribution in [0.5, 0.6) is 0 Å². The van der Waals surface area contributed by atoms with Gasteiger partial charge in [0.25, 0.3) is 0 Å². The van der Waals surface area contributed by atoms with Gasteiger partial charge in [-0.15, -0.1) is 11.3 Å². The van der Waals surface area contributed by atoms with Crippen LogP contribution in [0.15, 0.2) is 6.07 Å². The van der Waals surface area contributed by atoms with Crippen molar-refractivity contribution >= 4 is 11.3 Å². The van der Waals surface area contributed by atoms with E-state index < -0.39 is 0 Å². The first-order valence-electron chi connectivity index (χ1n) is 8.12. The lowest BCUT2D eigenvalue weighted by Gasteiger charge is -2.19. The number of fused-ring (bicyclic) bond motifs is 1. The molecule has 1 N–H and O–H groups in total. The lowest BCUT2D eigenvalue weighted by molar-refractivity contribution is 0.383. The minimum Gasteiger partial charge on any atom is -0.309 e. The molecule has 3 aliphatic carbocycles. The van der Waals surface area contributed by atoms with Crippen LogP contribution in [-0.4, -0.2) is 6.54 Å². The van der Waals surface area contributed by atoms with E-state index in [2.05, 4.69) is 29.6 Å². The second kappa shape index (κ2) is 4.60. The highest BCUT2D eigenvalue weighted by Gasteiger charge is 2.53. The maximum Gasteiger partial charge on any atom is 0.0386 e. The minimum absolute atomic E-state index is 0.562. The van der Waals surface area contributed by atoms with Gasteiger partial charge in [0.15, 0.2) is 0 Å². The van der Waals surface area contributed by atoms with Crippen molar-refractivity contribution in [3.05, 3.63) is 21.4 Å². The van der Waals surface area contributed by atoms with Crippen LogP contribution in [0.1, 0.15) is 66.8 Å². The number of hydrogen-bond donors (Lipinski definition) is 1. The van der Waals surface area contributed by atoms with Crippen LogP contribution in [0.25, 0.3) is 0 Å². The van der Waals surface area contributed by atoms with Crippen molar-refractivity contribution in [1.82, 2.24) is 5.32 Å². The Morgan fingerprint density at radius 3 is 2.79 bits per heavy atom. The van der Waals surface area contributed by atoms with Gasteiger partial charge in [-0.3, -0.25) is 0 Å². The van der Waals surface area contributed by atoms with Crippen molar-refractivity contribution < 1.29 is 0 Å². The Morgan fingerprint density at radius 1 is 1.32 bits per heavy atom. The highest BCUT2D eigenvalue weighted by molar-refractivity contribution is 7.12. The third-order valence-electron chi connectivity index (χ3n) is 5.54. The molecule has 4 rings (SSSR count). The van der Waals surface area contributed by atoms with E-state index in [-0.39, 0.29) is 0 Å². The van der Waals surface area contributed by atoms with Crippen LogP contribution in [0, 0.1) is 11.3 Å². The van der Waals surface area contributed by atoms with E-state index in [0.29, 0.717) is 6.04 Å². The molecule has 1 heterocycles. The third-order valence-corrected chi connectivity index (χ3v) is 6.96. The van der Waals surface area contributed by atoms with Gasteiger partial charge in [-0.25, -0.2) is 0 Å². The summed E-state index contributed by atoms with van der Waals surface area (Å²) in [7, 11) is 0. The summed E-state index contributed by atoms with van der Waals surface area (Å²) in [5, 5.41) is 3.84. The molecule has 0 amide bonds. The molecule has 2 fully saturated rings. The van der Waals surface area contributed by atoms with Crippen LogP contribution < -0.4 is 5.32 Å². The lowest BCUT2D eigenvalue weighted by Crippen LogP contribution is -2.27. The molecule has 3 aliphatic rings. The molecular weight excluding hydrogens is 250 g/mol. The summed E-state index contributed by atoms with van der Waals surface area (Å²) < 4.78 is 0. The summed E-state index contributed by atoms with van der Waals surface area (Å²) in [6.45, 7) is 3.63. The van der Waals surface area contributed by atoms with E-state index in [0.717, 1.165) is 11.3 Å². The van der Waals surface area contributed by atoms with Crippen molar-refractivity contribution in [2.45, 2.75) is 64.3 Å². The highest BCUT2D eigenvalue weighted by atomic mass is 32.1. The maximum absolute atomic E-state index is 3.84. The first-order valence-corrected chi connectivity index (χ1v) is 8.93. The van der Waals surface area contributed by atoms with Gasteiger partial charge in [0.05, 0.1) is 0 Å². The zero-order valence-electron chi connectivity index (χ0n) is 12.0. The van der Waals surface area contributed by atoms with Crippen LogP contribution >= 0.6 is 11.3 Å². The first kappa shape index (κ1) is 12.4. The summed E-state index contributed by atoms with van der Waals surface area (Å²) >= 11 is 2.08. The van der Waals surface area contributed by atoms with Gasteiger partial charge in [-0.1, -0.05) is 0 Å². The Hall–Kier alpha value is -0.340. The molecule has 2 saturated carbocycles. The summed E-state index contributed by atoms with van der Waals surface area (Å²) in [6.07, 6.45) is 11.4. The minimum atomic E-state index is 0.562. The van der Waals surface area contributed by atoms with Crippen molar-refractivity contribution in [2.75, 3.05) is 6.54 Å². The predicted molar refractivity (Wildman–Crippen MR) is 81.8 cm³/mol. The molecule has 1 atom stereocenters. The Bertz CT molecular complexity index is 444. The van der Waals surface area contributed by atoms with Gasteiger partial charge in [-0.2, -0.15) is 0 Å². The molecular formula is C17H25NS. The normalized spacial score (nSPS) is 25.9. The van der Waals surface area contributed by atoms with Crippen molar-refractivity contribution in [3.63, 3.8) is 0 Å². The smallest absolute Gasteiger partial charge is 0.0386 e. The Morgan fingerprint density at radius 2 is 2.11 bits per heavy atom. The molecule has 0 radical (unpaired) electrons. The third kappa shape index (κ3) is 2.38. The van der Waals surface area contributed by atoms with Gasteiger partial charge < -0.3 is 5.32 Å². The van der Waals surface area contributed by atoms with Crippen molar-refractivity contribution in [1.29, 1.82) is 0 Å². The summed E-state index contributed by atoms with van der Waals surface area (Å²) in [5.41, 5.74) is 2.38. The van der Waals surface area contributed by atoms with E-state index >= 15 is 0 Å². The zero-order valence-corrected chi connectivity index (χ0v) is 12.8. The molecule has 1 unspecified atom stereocenters. The Labute approximate surface area is 120 Å². The van der Waals surface area contributed by atoms with E-state index in [9.17, 15) is 0 Å². The zero-order chi connectivity index (χ0) is 12.9. The molecule has 2 heteroatoms. The molecule has 1 aromatic rings. The molecule has 1 aromatic heterocycles. The van der Waals surface area contributed by atoms with Crippen molar-refractivity contribution in [3.8, 4) is 0 Å². The van der Waals surface area contributed by atoms with Crippen LogP contribution in [0.2, 0.25) is 0 Å². The molecule has 19 heavy (non-hydrogen) atoms. The van der Waals surface area contributed by atoms with E-state index in [1.165, 1.54) is 57.9 Å².